The van der Waals surface area contributed by atoms with Crippen LogP contribution in [0.15, 0.2) is 18.3 Å². The number of pyridine rings is 1. The molecule has 0 saturated heterocycles. The van der Waals surface area contributed by atoms with Crippen LogP contribution in [0.1, 0.15) is 34.2 Å². The minimum absolute atomic E-state index is 0.0161. The zero-order valence-corrected chi connectivity index (χ0v) is 10.2. The van der Waals surface area contributed by atoms with E-state index < -0.39 is 11.9 Å². The Morgan fingerprint density at radius 2 is 2.17 bits per heavy atom. The van der Waals surface area contributed by atoms with E-state index in [0.717, 1.165) is 0 Å². The van der Waals surface area contributed by atoms with Gasteiger partial charge in [0.05, 0.1) is 5.56 Å². The molecule has 0 spiro atoms. The molecule has 2 N–H and O–H groups in total. The molecule has 0 aromatic carbocycles. The van der Waals surface area contributed by atoms with Gasteiger partial charge >= 0.3 is 5.97 Å². The van der Waals surface area contributed by atoms with Crippen LogP contribution in [0.3, 0.4) is 0 Å². The van der Waals surface area contributed by atoms with Crippen LogP contribution in [0.4, 0.5) is 0 Å². The molecular formula is C12H16N2O4. The lowest BCUT2D eigenvalue weighted by Crippen LogP contribution is -2.34. The third kappa shape index (κ3) is 3.27. The number of aliphatic hydroxyl groups is 1. The highest BCUT2D eigenvalue weighted by atomic mass is 16.4. The molecule has 0 atom stereocenters. The molecule has 0 saturated carbocycles. The summed E-state index contributed by atoms with van der Waals surface area (Å²) >= 11 is 0. The van der Waals surface area contributed by atoms with Crippen molar-refractivity contribution in [1.29, 1.82) is 0 Å². The van der Waals surface area contributed by atoms with Crippen LogP contribution >= 0.6 is 0 Å². The van der Waals surface area contributed by atoms with E-state index in [0.29, 0.717) is 19.5 Å². The van der Waals surface area contributed by atoms with E-state index in [-0.39, 0.29) is 17.9 Å². The van der Waals surface area contributed by atoms with Crippen LogP contribution in [-0.2, 0) is 0 Å². The average Bonchev–Trinajstić information content (AvgIpc) is 2.39. The minimum Gasteiger partial charge on any atom is -0.478 e. The predicted octanol–water partition coefficient (Wildman–Crippen LogP) is 0.624. The van der Waals surface area contributed by atoms with E-state index in [1.54, 1.807) is 6.92 Å². The van der Waals surface area contributed by atoms with Crippen LogP contribution < -0.4 is 0 Å². The molecule has 1 amide bonds. The summed E-state index contributed by atoms with van der Waals surface area (Å²) in [5.74, 6) is -1.60. The summed E-state index contributed by atoms with van der Waals surface area (Å²) in [7, 11) is 0. The van der Waals surface area contributed by atoms with Crippen molar-refractivity contribution in [2.75, 3.05) is 19.7 Å². The molecule has 0 aliphatic rings. The summed E-state index contributed by atoms with van der Waals surface area (Å²) < 4.78 is 0. The molecule has 0 aliphatic carbocycles. The lowest BCUT2D eigenvalue weighted by molar-refractivity contribution is 0.0671. The molecule has 0 fully saturated rings. The molecule has 0 aliphatic heterocycles. The summed E-state index contributed by atoms with van der Waals surface area (Å²) in [6, 6.07) is 2.83. The number of aromatic carboxylic acids is 1. The summed E-state index contributed by atoms with van der Waals surface area (Å²) in [6.45, 7) is 2.59. The first-order chi connectivity index (χ1) is 8.61. The number of carbonyl (C=O) groups excluding carboxylic acids is 1. The van der Waals surface area contributed by atoms with E-state index in [4.69, 9.17) is 10.2 Å². The average molecular weight is 252 g/mol. The van der Waals surface area contributed by atoms with E-state index in [1.807, 2.05) is 0 Å². The highest BCUT2D eigenvalue weighted by molar-refractivity contribution is 6.03. The third-order valence-corrected chi connectivity index (χ3v) is 2.50. The van der Waals surface area contributed by atoms with Gasteiger partial charge in [-0.3, -0.25) is 9.78 Å². The monoisotopic (exact) mass is 252 g/mol. The molecule has 18 heavy (non-hydrogen) atoms. The van der Waals surface area contributed by atoms with Crippen LogP contribution in [0.25, 0.3) is 0 Å². The highest BCUT2D eigenvalue weighted by Gasteiger charge is 2.21. The van der Waals surface area contributed by atoms with Gasteiger partial charge in [0, 0.05) is 25.9 Å². The topological polar surface area (TPSA) is 90.7 Å². The molecule has 1 aromatic heterocycles. The molecule has 1 aromatic rings. The Labute approximate surface area is 105 Å². The van der Waals surface area contributed by atoms with E-state index in [9.17, 15) is 9.59 Å². The number of amides is 1. The minimum atomic E-state index is -1.18. The first kappa shape index (κ1) is 14.1. The van der Waals surface area contributed by atoms with Gasteiger partial charge in [-0.1, -0.05) is 0 Å². The summed E-state index contributed by atoms with van der Waals surface area (Å²) in [5.41, 5.74) is -0.172. The van der Waals surface area contributed by atoms with E-state index >= 15 is 0 Å². The van der Waals surface area contributed by atoms with Gasteiger partial charge in [0.1, 0.15) is 5.69 Å². The first-order valence-corrected chi connectivity index (χ1v) is 5.70. The molecule has 0 bridgehead atoms. The quantitative estimate of drug-likeness (QED) is 0.774. The lowest BCUT2D eigenvalue weighted by Gasteiger charge is -2.20. The number of hydrogen-bond donors (Lipinski definition) is 2. The zero-order valence-electron chi connectivity index (χ0n) is 10.2. The van der Waals surface area contributed by atoms with E-state index in [1.165, 1.54) is 23.2 Å². The van der Waals surface area contributed by atoms with E-state index in [2.05, 4.69) is 4.98 Å². The van der Waals surface area contributed by atoms with Gasteiger partial charge in [-0.25, -0.2) is 4.79 Å². The van der Waals surface area contributed by atoms with Crippen molar-refractivity contribution in [3.63, 3.8) is 0 Å². The Hall–Kier alpha value is -1.95. The van der Waals surface area contributed by atoms with Crippen LogP contribution in [-0.4, -0.2) is 51.7 Å². The maximum Gasteiger partial charge on any atom is 0.338 e. The number of nitrogens with zero attached hydrogens (tertiary/aromatic N) is 2. The van der Waals surface area contributed by atoms with Crippen molar-refractivity contribution in [2.45, 2.75) is 13.3 Å². The second kappa shape index (κ2) is 6.70. The highest BCUT2D eigenvalue weighted by Crippen LogP contribution is 2.09. The van der Waals surface area contributed by atoms with Gasteiger partial charge in [0.25, 0.3) is 5.91 Å². The molecule has 6 heteroatoms. The maximum atomic E-state index is 12.1. The number of aromatic nitrogens is 1. The first-order valence-electron chi connectivity index (χ1n) is 5.70. The maximum absolute atomic E-state index is 12.1. The fraction of sp³-hybridized carbons (Fsp3) is 0.417. The van der Waals surface area contributed by atoms with Crippen LogP contribution in [0.2, 0.25) is 0 Å². The zero-order chi connectivity index (χ0) is 13.5. The second-order valence-corrected chi connectivity index (χ2v) is 3.67. The van der Waals surface area contributed by atoms with Gasteiger partial charge in [0.2, 0.25) is 0 Å². The molecule has 0 radical (unpaired) electrons. The standard InChI is InChI=1S/C12H16N2O4/c1-2-14(7-4-8-15)11(16)10-9(12(17)18)5-3-6-13-10/h3,5-6,15H,2,4,7-8H2,1H3,(H,17,18). The number of hydrogen-bond acceptors (Lipinski definition) is 4. The van der Waals surface area contributed by atoms with Gasteiger partial charge in [-0.05, 0) is 25.5 Å². The van der Waals surface area contributed by atoms with Crippen molar-refractivity contribution in [3.8, 4) is 0 Å². The van der Waals surface area contributed by atoms with Gasteiger partial charge in [-0.15, -0.1) is 0 Å². The van der Waals surface area contributed by atoms with Crippen molar-refractivity contribution in [1.82, 2.24) is 9.88 Å². The summed E-state index contributed by atoms with van der Waals surface area (Å²) in [5, 5.41) is 17.8. The Morgan fingerprint density at radius 3 is 2.72 bits per heavy atom. The smallest absolute Gasteiger partial charge is 0.338 e. The van der Waals surface area contributed by atoms with Crippen molar-refractivity contribution in [3.05, 3.63) is 29.6 Å². The number of rotatable bonds is 6. The van der Waals surface area contributed by atoms with Crippen LogP contribution in [0, 0.1) is 0 Å². The molecule has 1 rings (SSSR count). The molecule has 0 unspecified atom stereocenters. The molecule has 98 valence electrons. The normalized spacial score (nSPS) is 10.1. The fourth-order valence-electron chi connectivity index (χ4n) is 1.56. The summed E-state index contributed by atoms with van der Waals surface area (Å²) in [6.07, 6.45) is 1.84. The van der Waals surface area contributed by atoms with Gasteiger partial charge in [0.15, 0.2) is 0 Å². The SMILES string of the molecule is CCN(CCCO)C(=O)c1ncccc1C(=O)O. The third-order valence-electron chi connectivity index (χ3n) is 2.50. The summed E-state index contributed by atoms with van der Waals surface area (Å²) in [4.78, 5) is 28.4. The second-order valence-electron chi connectivity index (χ2n) is 3.67. The molecular weight excluding hydrogens is 236 g/mol. The Balaban J connectivity index is 2.98. The predicted molar refractivity (Wildman–Crippen MR) is 64.5 cm³/mol. The van der Waals surface area contributed by atoms with Crippen molar-refractivity contribution >= 4 is 11.9 Å². The molecule has 1 heterocycles. The number of carboxylic acids is 1. The van der Waals surface area contributed by atoms with Crippen LogP contribution in [0.5, 0.6) is 0 Å². The molecule has 6 nitrogen and oxygen atoms in total. The van der Waals surface area contributed by atoms with Gasteiger partial charge in [-0.2, -0.15) is 0 Å². The van der Waals surface area contributed by atoms with Gasteiger partial charge < -0.3 is 15.1 Å². The fourth-order valence-corrected chi connectivity index (χ4v) is 1.56. The Kier molecular flexibility index (Phi) is 5.26. The van der Waals surface area contributed by atoms with Crippen molar-refractivity contribution in [2.24, 2.45) is 0 Å². The Morgan fingerprint density at radius 1 is 1.44 bits per heavy atom. The largest absolute Gasteiger partial charge is 0.478 e. The number of aliphatic hydroxyl groups excluding tert-OH is 1. The number of carbonyl (C=O) groups is 2. The van der Waals surface area contributed by atoms with Crippen molar-refractivity contribution < 1.29 is 19.8 Å². The lowest BCUT2D eigenvalue weighted by atomic mass is 10.1. The Bertz CT molecular complexity index is 434. The number of carboxylic acid groups (broad SMARTS) is 1.